The average Bonchev–Trinajstić information content (AvgIpc) is 2.49. The molecule has 4 heteroatoms. The van der Waals surface area contributed by atoms with Crippen molar-refractivity contribution in [3.63, 3.8) is 0 Å². The highest BCUT2D eigenvalue weighted by atomic mass is 16.6. The maximum Gasteiger partial charge on any atom is 0.407 e. The van der Waals surface area contributed by atoms with Crippen LogP contribution in [0, 0.1) is 17.2 Å². The molecule has 0 aromatic rings. The molecule has 1 amide bonds. The molecule has 1 rings (SSSR count). The van der Waals surface area contributed by atoms with Crippen LogP contribution in [-0.4, -0.2) is 17.7 Å². The van der Waals surface area contributed by atoms with Gasteiger partial charge in [0.1, 0.15) is 5.60 Å². The maximum atomic E-state index is 11.5. The molecule has 0 bridgehead atoms. The van der Waals surface area contributed by atoms with Crippen molar-refractivity contribution < 1.29 is 9.53 Å². The Labute approximate surface area is 97.0 Å². The third-order valence-electron chi connectivity index (χ3n) is 2.64. The smallest absolute Gasteiger partial charge is 0.407 e. The molecule has 0 radical (unpaired) electrons. The van der Waals surface area contributed by atoms with Gasteiger partial charge in [-0.15, -0.1) is 0 Å². The van der Waals surface area contributed by atoms with Crippen LogP contribution in [0.2, 0.25) is 0 Å². The van der Waals surface area contributed by atoms with Crippen molar-refractivity contribution in [2.45, 2.75) is 58.1 Å². The lowest BCUT2D eigenvalue weighted by atomic mass is 10.1. The molecule has 0 saturated heterocycles. The number of ether oxygens (including phenoxy) is 1. The topological polar surface area (TPSA) is 62.1 Å². The summed E-state index contributed by atoms with van der Waals surface area (Å²) in [4.78, 5) is 11.5. The first-order valence-electron chi connectivity index (χ1n) is 5.77. The number of rotatable bonds is 2. The van der Waals surface area contributed by atoms with Crippen molar-refractivity contribution in [1.82, 2.24) is 5.32 Å². The molecule has 1 fully saturated rings. The number of alkyl carbamates (subject to hydrolysis) is 1. The van der Waals surface area contributed by atoms with Crippen molar-refractivity contribution in [2.24, 2.45) is 5.92 Å². The number of hydrogen-bond donors (Lipinski definition) is 1. The van der Waals surface area contributed by atoms with Crippen molar-refractivity contribution in [2.75, 3.05) is 0 Å². The van der Waals surface area contributed by atoms with E-state index < -0.39 is 5.60 Å². The molecule has 2 unspecified atom stereocenters. The Kier molecular flexibility index (Phi) is 4.17. The van der Waals surface area contributed by atoms with E-state index in [9.17, 15) is 4.79 Å². The molecule has 2 atom stereocenters. The molecular formula is C12H20N2O2. The summed E-state index contributed by atoms with van der Waals surface area (Å²) in [6, 6.07) is 2.35. The lowest BCUT2D eigenvalue weighted by Gasteiger charge is -2.21. The van der Waals surface area contributed by atoms with Gasteiger partial charge in [0.25, 0.3) is 0 Å². The fraction of sp³-hybridized carbons (Fsp3) is 0.833. The molecule has 4 nitrogen and oxygen atoms in total. The van der Waals surface area contributed by atoms with Gasteiger partial charge in [-0.2, -0.15) is 5.26 Å². The number of nitrogens with one attached hydrogen (secondary N) is 1. The van der Waals surface area contributed by atoms with Gasteiger partial charge in [0.2, 0.25) is 0 Å². The zero-order valence-electron chi connectivity index (χ0n) is 10.2. The Morgan fingerprint density at radius 3 is 2.75 bits per heavy atom. The summed E-state index contributed by atoms with van der Waals surface area (Å²) >= 11 is 0. The predicted octanol–water partition coefficient (Wildman–Crippen LogP) is 2.59. The minimum Gasteiger partial charge on any atom is -0.444 e. The van der Waals surface area contributed by atoms with Gasteiger partial charge in [-0.1, -0.05) is 0 Å². The molecule has 90 valence electrons. The van der Waals surface area contributed by atoms with Crippen molar-refractivity contribution >= 4 is 6.09 Å². The number of hydrogen-bond acceptors (Lipinski definition) is 3. The summed E-state index contributed by atoms with van der Waals surface area (Å²) in [5.74, 6) is 0.435. The minimum atomic E-state index is -0.450. The average molecular weight is 224 g/mol. The Morgan fingerprint density at radius 1 is 1.50 bits per heavy atom. The third-order valence-corrected chi connectivity index (χ3v) is 2.64. The Bertz CT molecular complexity index is 288. The Hall–Kier alpha value is -1.24. The van der Waals surface area contributed by atoms with E-state index in [2.05, 4.69) is 11.4 Å². The molecule has 0 spiro atoms. The van der Waals surface area contributed by atoms with E-state index in [1.165, 1.54) is 0 Å². The second-order valence-corrected chi connectivity index (χ2v) is 5.38. The van der Waals surface area contributed by atoms with E-state index in [0.29, 0.717) is 12.3 Å². The molecule has 1 aliphatic carbocycles. The number of amides is 1. The first kappa shape index (κ1) is 12.8. The number of nitrogens with zero attached hydrogens (tertiary/aromatic N) is 1. The summed E-state index contributed by atoms with van der Waals surface area (Å²) in [6.07, 6.45) is 3.11. The minimum absolute atomic E-state index is 0.174. The predicted molar refractivity (Wildman–Crippen MR) is 60.7 cm³/mol. The lowest BCUT2D eigenvalue weighted by molar-refractivity contribution is 0.0504. The molecule has 1 N–H and O–H groups in total. The lowest BCUT2D eigenvalue weighted by Crippen LogP contribution is -2.37. The van der Waals surface area contributed by atoms with Gasteiger partial charge in [-0.3, -0.25) is 0 Å². The largest absolute Gasteiger partial charge is 0.444 e. The van der Waals surface area contributed by atoms with Crippen LogP contribution in [-0.2, 0) is 4.74 Å². The van der Waals surface area contributed by atoms with Crippen molar-refractivity contribution in [3.8, 4) is 6.07 Å². The van der Waals surface area contributed by atoms with Crippen molar-refractivity contribution in [1.29, 1.82) is 5.26 Å². The fourth-order valence-corrected chi connectivity index (χ4v) is 1.99. The van der Waals surface area contributed by atoms with E-state index in [0.717, 1.165) is 19.3 Å². The first-order chi connectivity index (χ1) is 7.40. The van der Waals surface area contributed by atoms with Crippen LogP contribution in [0.15, 0.2) is 0 Å². The zero-order chi connectivity index (χ0) is 12.2. The highest BCUT2D eigenvalue weighted by Gasteiger charge is 2.27. The molecule has 16 heavy (non-hydrogen) atoms. The van der Waals surface area contributed by atoms with Gasteiger partial charge in [-0.25, -0.2) is 4.79 Å². The summed E-state index contributed by atoms with van der Waals surface area (Å²) in [5.41, 5.74) is -0.450. The first-order valence-corrected chi connectivity index (χ1v) is 5.77. The van der Waals surface area contributed by atoms with Crippen LogP contribution in [0.5, 0.6) is 0 Å². The summed E-state index contributed by atoms with van der Waals surface area (Å²) in [5, 5.41) is 11.4. The third kappa shape index (κ3) is 4.52. The second-order valence-electron chi connectivity index (χ2n) is 5.38. The van der Waals surface area contributed by atoms with E-state index in [1.54, 1.807) is 0 Å². The summed E-state index contributed by atoms with van der Waals surface area (Å²) < 4.78 is 5.18. The molecule has 1 saturated carbocycles. The zero-order valence-corrected chi connectivity index (χ0v) is 10.2. The van der Waals surface area contributed by atoms with Crippen LogP contribution >= 0.6 is 0 Å². The van der Waals surface area contributed by atoms with Gasteiger partial charge in [0.15, 0.2) is 0 Å². The second kappa shape index (κ2) is 5.20. The SMILES string of the molecule is CC(C)(C)OC(=O)NC1CCC(CC#N)C1. The monoisotopic (exact) mass is 224 g/mol. The standard InChI is InChI=1S/C12H20N2O2/c1-12(2,3)16-11(15)14-10-5-4-9(8-10)6-7-13/h9-10H,4-6,8H2,1-3H3,(H,14,15). The molecule has 0 aliphatic heterocycles. The van der Waals surface area contributed by atoms with Gasteiger partial charge >= 0.3 is 6.09 Å². The van der Waals surface area contributed by atoms with Crippen molar-refractivity contribution in [3.05, 3.63) is 0 Å². The number of nitriles is 1. The number of carbonyl (C=O) groups excluding carboxylic acids is 1. The van der Waals surface area contributed by atoms with Gasteiger partial charge in [0.05, 0.1) is 6.07 Å². The van der Waals surface area contributed by atoms with Gasteiger partial charge in [-0.05, 0) is 46.0 Å². The van der Waals surface area contributed by atoms with Crippen LogP contribution in [0.4, 0.5) is 4.79 Å². The molecule has 1 aliphatic rings. The quantitative estimate of drug-likeness (QED) is 0.784. The van der Waals surface area contributed by atoms with E-state index in [-0.39, 0.29) is 12.1 Å². The maximum absolute atomic E-state index is 11.5. The Morgan fingerprint density at radius 2 is 2.19 bits per heavy atom. The van der Waals surface area contributed by atoms with Gasteiger partial charge < -0.3 is 10.1 Å². The van der Waals surface area contributed by atoms with Crippen LogP contribution in [0.25, 0.3) is 0 Å². The summed E-state index contributed by atoms with van der Waals surface area (Å²) in [7, 11) is 0. The van der Waals surface area contributed by atoms with E-state index >= 15 is 0 Å². The van der Waals surface area contributed by atoms with Crippen LogP contribution in [0.1, 0.15) is 46.5 Å². The normalized spacial score (nSPS) is 24.9. The molecule has 0 aromatic heterocycles. The van der Waals surface area contributed by atoms with Crippen LogP contribution in [0.3, 0.4) is 0 Å². The van der Waals surface area contributed by atoms with E-state index in [4.69, 9.17) is 10.00 Å². The van der Waals surface area contributed by atoms with E-state index in [1.807, 2.05) is 20.8 Å². The number of carbonyl (C=O) groups is 1. The van der Waals surface area contributed by atoms with Crippen LogP contribution < -0.4 is 5.32 Å². The molecule has 0 aromatic carbocycles. The fourth-order valence-electron chi connectivity index (χ4n) is 1.99. The molecular weight excluding hydrogens is 204 g/mol. The Balaban J connectivity index is 2.29. The summed E-state index contributed by atoms with van der Waals surface area (Å²) in [6.45, 7) is 5.54. The highest BCUT2D eigenvalue weighted by molar-refractivity contribution is 5.68. The van der Waals surface area contributed by atoms with Gasteiger partial charge in [0, 0.05) is 12.5 Å². The highest BCUT2D eigenvalue weighted by Crippen LogP contribution is 2.27. The molecule has 0 heterocycles.